The number of amides is 1. The number of nitrogens with one attached hydrogen (secondary N) is 3. The van der Waals surface area contributed by atoms with E-state index in [0.29, 0.717) is 16.8 Å². The van der Waals surface area contributed by atoms with Gasteiger partial charge < -0.3 is 37.0 Å². The molecule has 1 amide bonds. The fraction of sp³-hybridized carbons (Fsp3) is 0.367. The number of nitrogens with two attached hydrogens (primary N) is 1. The highest BCUT2D eigenvalue weighted by Gasteiger charge is 2.39. The molecule has 296 valence electrons. The molecule has 8 N–H and O–H groups in total. The van der Waals surface area contributed by atoms with E-state index in [1.54, 1.807) is 12.4 Å². The highest BCUT2D eigenvalue weighted by atomic mass is 35.5. The van der Waals surface area contributed by atoms with Crippen LogP contribution in [0.5, 0.6) is 0 Å². The molecule has 54 heavy (non-hydrogen) atoms. The Bertz CT molecular complexity index is 1730. The molecule has 0 spiro atoms. The van der Waals surface area contributed by atoms with Crippen LogP contribution >= 0.6 is 11.6 Å². The number of carbonyl (C=O) groups is 4. The number of piperidine rings is 1. The van der Waals surface area contributed by atoms with Crippen molar-refractivity contribution in [3.63, 3.8) is 0 Å². The van der Waals surface area contributed by atoms with Crippen LogP contribution in [0.1, 0.15) is 35.4 Å². The topological polar surface area (TPSA) is 230 Å². The summed E-state index contributed by atoms with van der Waals surface area (Å²) in [4.78, 5) is 52.5. The molecule has 2 aliphatic rings. The van der Waals surface area contributed by atoms with Gasteiger partial charge in [-0.1, -0.05) is 17.7 Å². The summed E-state index contributed by atoms with van der Waals surface area (Å²) in [5.41, 5.74) is 10.8. The third kappa shape index (κ3) is 14.5. The lowest BCUT2D eigenvalue weighted by Gasteiger charge is -2.30. The fourth-order valence-corrected chi connectivity index (χ4v) is 4.91. The second-order valence-electron chi connectivity index (χ2n) is 11.0. The van der Waals surface area contributed by atoms with Gasteiger partial charge in [-0.25, -0.2) is 19.4 Å². The molecule has 6 bridgehead atoms. The molecule has 1 saturated heterocycles. The molecular weight excluding hydrogens is 777 g/mol. The number of hydrogen-bond acceptors (Lipinski definition) is 10. The van der Waals surface area contributed by atoms with Crippen LogP contribution in [0.4, 0.5) is 62.7 Å². The summed E-state index contributed by atoms with van der Waals surface area (Å²) in [5, 5.41) is 31.7. The molecule has 1 unspecified atom stereocenters. The van der Waals surface area contributed by atoms with Crippen LogP contribution in [-0.4, -0.2) is 85.7 Å². The molecule has 1 aromatic carbocycles. The van der Waals surface area contributed by atoms with E-state index in [-0.39, 0.29) is 17.7 Å². The Morgan fingerprint density at radius 1 is 0.778 bits per heavy atom. The van der Waals surface area contributed by atoms with Crippen LogP contribution in [-0.2, 0) is 32.0 Å². The summed E-state index contributed by atoms with van der Waals surface area (Å²) in [6.07, 6.45) is -6.70. The van der Waals surface area contributed by atoms with E-state index in [9.17, 15) is 44.3 Å². The third-order valence-corrected chi connectivity index (χ3v) is 7.38. The van der Waals surface area contributed by atoms with Crippen LogP contribution in [0.3, 0.4) is 0 Å². The number of nitrogens with zero attached hydrogens (tertiary/aromatic N) is 3. The lowest BCUT2D eigenvalue weighted by molar-refractivity contribution is -0.193. The molecule has 2 aliphatic heterocycles. The standard InChI is InChI=1S/C24H26ClN7O.3C2HF3O2/c25-20-13-29-24-31-18-9-14(11-28-12-18)1-2-16-10-17(30-23(20)32-24)3-4-19(16)21(22(26)33)15-5-7-27-8-6-15;3*3-2(4,5)1(6)7/h3-4,9-13,15,21,27H,1-2,5-8H2,(H2,26,33)(H2,29,30,31,32);3*(H,6,7). The predicted octanol–water partition coefficient (Wildman–Crippen LogP) is 5.58. The number of aliphatic carboxylic acids is 3. The van der Waals surface area contributed by atoms with E-state index in [2.05, 4.69) is 37.0 Å². The Morgan fingerprint density at radius 3 is 1.81 bits per heavy atom. The molecule has 0 saturated carbocycles. The minimum absolute atomic E-state index is 0.233. The Labute approximate surface area is 302 Å². The number of rotatable bonds is 3. The largest absolute Gasteiger partial charge is 0.490 e. The number of carboxylic acid groups (broad SMARTS) is 3. The van der Waals surface area contributed by atoms with Crippen molar-refractivity contribution >= 4 is 58.6 Å². The van der Waals surface area contributed by atoms with E-state index in [1.165, 1.54) is 0 Å². The van der Waals surface area contributed by atoms with E-state index < -0.39 is 36.4 Å². The zero-order chi connectivity index (χ0) is 41.0. The predicted molar refractivity (Wildman–Crippen MR) is 170 cm³/mol. The Morgan fingerprint density at radius 2 is 1.31 bits per heavy atom. The number of primary amides is 1. The van der Waals surface area contributed by atoms with Gasteiger partial charge in [0.2, 0.25) is 11.9 Å². The molecule has 24 heteroatoms. The SMILES string of the molecule is NC(=O)C(c1ccc2cc1CCc1cncc(c1)Nc1ncc(Cl)c(n1)N2)C1CCNCC1.O=C(O)C(F)(F)F.O=C(O)C(F)(F)F.O=C(O)C(F)(F)F. The first-order chi connectivity index (χ1) is 24.9. The number of halogens is 10. The highest BCUT2D eigenvalue weighted by molar-refractivity contribution is 6.32. The Kier molecular flexibility index (Phi) is 15.8. The number of aryl methyl sites for hydroxylation is 2. The van der Waals surface area contributed by atoms with Gasteiger partial charge in [-0.05, 0) is 79.6 Å². The van der Waals surface area contributed by atoms with Gasteiger partial charge in [0.15, 0.2) is 5.82 Å². The van der Waals surface area contributed by atoms with Crippen LogP contribution in [0.25, 0.3) is 0 Å². The zero-order valence-electron chi connectivity index (χ0n) is 27.1. The van der Waals surface area contributed by atoms with E-state index in [4.69, 9.17) is 47.0 Å². The second kappa shape index (κ2) is 19.0. The van der Waals surface area contributed by atoms with Crippen molar-refractivity contribution in [2.45, 2.75) is 50.1 Å². The summed E-state index contributed by atoms with van der Waals surface area (Å²) in [5.74, 6) is -7.69. The molecular formula is C30H29ClF9N7O7. The van der Waals surface area contributed by atoms with Gasteiger partial charge >= 0.3 is 36.4 Å². The molecule has 14 nitrogen and oxygen atoms in total. The van der Waals surface area contributed by atoms with Gasteiger partial charge in [-0.2, -0.15) is 44.5 Å². The lowest BCUT2D eigenvalue weighted by Crippen LogP contribution is -2.36. The molecule has 2 aromatic heterocycles. The molecule has 1 atom stereocenters. The molecule has 4 heterocycles. The average Bonchev–Trinajstić information content (AvgIpc) is 3.06. The first-order valence-corrected chi connectivity index (χ1v) is 15.3. The quantitative estimate of drug-likeness (QED) is 0.161. The first kappa shape index (κ1) is 44.7. The summed E-state index contributed by atoms with van der Waals surface area (Å²) in [6, 6.07) is 8.10. The minimum atomic E-state index is -5.08. The van der Waals surface area contributed by atoms with E-state index in [0.717, 1.165) is 66.8 Å². The number of fused-ring (bicyclic) bond motifs is 6. The molecule has 0 radical (unpaired) electrons. The molecule has 5 rings (SSSR count). The maximum absolute atomic E-state index is 12.6. The first-order valence-electron chi connectivity index (χ1n) is 14.9. The zero-order valence-corrected chi connectivity index (χ0v) is 27.9. The Hall–Kier alpha value is -5.45. The van der Waals surface area contributed by atoms with Crippen molar-refractivity contribution in [3.8, 4) is 0 Å². The van der Waals surface area contributed by atoms with Gasteiger partial charge in [-0.15, -0.1) is 0 Å². The summed E-state index contributed by atoms with van der Waals surface area (Å²) >= 11 is 6.36. The van der Waals surface area contributed by atoms with Crippen molar-refractivity contribution in [2.75, 3.05) is 23.7 Å². The van der Waals surface area contributed by atoms with Crippen LogP contribution in [0.2, 0.25) is 5.02 Å². The van der Waals surface area contributed by atoms with Crippen molar-refractivity contribution < 1.29 is 74.0 Å². The lowest BCUT2D eigenvalue weighted by atomic mass is 9.77. The van der Waals surface area contributed by atoms with Crippen LogP contribution in [0, 0.1) is 5.92 Å². The van der Waals surface area contributed by atoms with E-state index in [1.807, 2.05) is 24.4 Å². The Balaban J connectivity index is 0.000000393. The molecule has 0 aliphatic carbocycles. The number of aromatic nitrogens is 3. The normalized spacial score (nSPS) is 14.7. The molecule has 3 aromatic rings. The number of benzene rings is 1. The van der Waals surface area contributed by atoms with Gasteiger partial charge in [0.25, 0.3) is 0 Å². The minimum Gasteiger partial charge on any atom is -0.475 e. The van der Waals surface area contributed by atoms with E-state index >= 15 is 0 Å². The van der Waals surface area contributed by atoms with Crippen molar-refractivity contribution in [1.82, 2.24) is 20.3 Å². The number of anilines is 4. The number of carboxylic acids is 3. The monoisotopic (exact) mass is 805 g/mol. The van der Waals surface area contributed by atoms with Gasteiger partial charge in [0, 0.05) is 11.9 Å². The van der Waals surface area contributed by atoms with Crippen LogP contribution in [0.15, 0.2) is 42.9 Å². The average molecular weight is 806 g/mol. The van der Waals surface area contributed by atoms with Crippen molar-refractivity contribution in [2.24, 2.45) is 11.7 Å². The summed E-state index contributed by atoms with van der Waals surface area (Å²) in [7, 11) is 0. The van der Waals surface area contributed by atoms with Gasteiger partial charge in [0.05, 0.1) is 24.0 Å². The fourth-order valence-electron chi connectivity index (χ4n) is 4.77. The number of hydrogen-bond donors (Lipinski definition) is 7. The number of carbonyl (C=O) groups excluding carboxylic acids is 1. The maximum atomic E-state index is 12.6. The smallest absolute Gasteiger partial charge is 0.475 e. The van der Waals surface area contributed by atoms with Gasteiger partial charge in [-0.3, -0.25) is 9.78 Å². The third-order valence-electron chi connectivity index (χ3n) is 7.11. The summed E-state index contributed by atoms with van der Waals surface area (Å²) < 4.78 is 95.2. The number of alkyl halides is 9. The van der Waals surface area contributed by atoms with Crippen molar-refractivity contribution in [1.29, 1.82) is 0 Å². The maximum Gasteiger partial charge on any atom is 0.490 e. The summed E-state index contributed by atoms with van der Waals surface area (Å²) in [6.45, 7) is 1.81. The van der Waals surface area contributed by atoms with Crippen molar-refractivity contribution in [3.05, 3.63) is 64.6 Å². The molecule has 1 fully saturated rings. The second-order valence-corrected chi connectivity index (χ2v) is 11.4. The highest BCUT2D eigenvalue weighted by Crippen LogP contribution is 2.36. The number of pyridine rings is 1. The van der Waals surface area contributed by atoms with Crippen LogP contribution < -0.4 is 21.7 Å². The van der Waals surface area contributed by atoms with Gasteiger partial charge in [0.1, 0.15) is 5.02 Å².